The molecule has 0 spiro atoms. The van der Waals surface area contributed by atoms with Gasteiger partial charge in [-0.1, -0.05) is 19.3 Å². The number of furan rings is 1. The molecule has 1 aliphatic carbocycles. The van der Waals surface area contributed by atoms with Gasteiger partial charge in [-0.25, -0.2) is 0 Å². The number of hydrogen-bond donors (Lipinski definition) is 1. The lowest BCUT2D eigenvalue weighted by atomic mass is 9.83. The predicted octanol–water partition coefficient (Wildman–Crippen LogP) is 3.19. The third-order valence-electron chi connectivity index (χ3n) is 2.71. The Balaban J connectivity index is 2.22. The zero-order valence-corrected chi connectivity index (χ0v) is 9.01. The molecule has 1 N–H and O–H groups in total. The largest absolute Gasteiger partial charge is 0.451 e. The van der Waals surface area contributed by atoms with E-state index in [9.17, 15) is 5.11 Å². The minimum absolute atomic E-state index is 0.696. The molecule has 0 bridgehead atoms. The second-order valence-electron chi connectivity index (χ2n) is 3.70. The number of halogens is 1. The first kappa shape index (κ1) is 9.28. The van der Waals surface area contributed by atoms with Gasteiger partial charge in [0.2, 0.25) is 0 Å². The molecule has 0 atom stereocenters. The molecule has 1 aromatic heterocycles. The van der Waals surface area contributed by atoms with Gasteiger partial charge in [0.25, 0.3) is 0 Å². The van der Waals surface area contributed by atoms with Crippen LogP contribution in [0.4, 0.5) is 0 Å². The van der Waals surface area contributed by atoms with Crippen molar-refractivity contribution in [2.45, 2.75) is 37.7 Å². The van der Waals surface area contributed by atoms with Crippen LogP contribution in [0.15, 0.2) is 21.2 Å². The highest BCUT2D eigenvalue weighted by Crippen LogP contribution is 2.38. The maximum absolute atomic E-state index is 10.2. The van der Waals surface area contributed by atoms with Crippen molar-refractivity contribution < 1.29 is 9.52 Å². The van der Waals surface area contributed by atoms with Crippen molar-refractivity contribution in [1.29, 1.82) is 0 Å². The zero-order valence-electron chi connectivity index (χ0n) is 7.42. The lowest BCUT2D eigenvalue weighted by molar-refractivity contribution is -0.0205. The highest BCUT2D eigenvalue weighted by Gasteiger charge is 2.33. The fourth-order valence-electron chi connectivity index (χ4n) is 1.95. The molecule has 13 heavy (non-hydrogen) atoms. The molecule has 72 valence electrons. The second kappa shape index (κ2) is 3.46. The third-order valence-corrected chi connectivity index (χ3v) is 3.14. The molecule has 0 unspecified atom stereocenters. The molecule has 1 fully saturated rings. The Morgan fingerprint density at radius 2 is 1.92 bits per heavy atom. The number of hydrogen-bond acceptors (Lipinski definition) is 2. The van der Waals surface area contributed by atoms with Crippen molar-refractivity contribution in [3.63, 3.8) is 0 Å². The maximum atomic E-state index is 10.2. The van der Waals surface area contributed by atoms with E-state index in [2.05, 4.69) is 15.9 Å². The van der Waals surface area contributed by atoms with Crippen molar-refractivity contribution in [3.05, 3.63) is 22.6 Å². The highest BCUT2D eigenvalue weighted by atomic mass is 79.9. The quantitative estimate of drug-likeness (QED) is 0.824. The van der Waals surface area contributed by atoms with Crippen LogP contribution in [0.2, 0.25) is 0 Å². The molecule has 0 aromatic carbocycles. The van der Waals surface area contributed by atoms with E-state index in [4.69, 9.17) is 4.42 Å². The summed E-state index contributed by atoms with van der Waals surface area (Å²) in [6.07, 6.45) is 5.06. The van der Waals surface area contributed by atoms with Crippen LogP contribution in [-0.4, -0.2) is 5.11 Å². The first-order valence-electron chi connectivity index (χ1n) is 4.69. The molecular weight excluding hydrogens is 232 g/mol. The fraction of sp³-hybridized carbons (Fsp3) is 0.600. The molecule has 2 nitrogen and oxygen atoms in total. The molecule has 0 saturated heterocycles. The Morgan fingerprint density at radius 3 is 2.46 bits per heavy atom. The van der Waals surface area contributed by atoms with Gasteiger partial charge in [-0.2, -0.15) is 0 Å². The monoisotopic (exact) mass is 244 g/mol. The molecule has 0 amide bonds. The van der Waals surface area contributed by atoms with Crippen molar-refractivity contribution in [1.82, 2.24) is 0 Å². The molecule has 0 radical (unpaired) electrons. The summed E-state index contributed by atoms with van der Waals surface area (Å²) < 4.78 is 6.09. The topological polar surface area (TPSA) is 33.4 Å². The van der Waals surface area contributed by atoms with Gasteiger partial charge in [-0.15, -0.1) is 0 Å². The summed E-state index contributed by atoms with van der Waals surface area (Å²) in [5.74, 6) is 0.707. The maximum Gasteiger partial charge on any atom is 0.169 e. The van der Waals surface area contributed by atoms with E-state index in [1.54, 1.807) is 0 Å². The normalized spacial score (nSPS) is 21.7. The van der Waals surface area contributed by atoms with E-state index in [1.165, 1.54) is 6.42 Å². The summed E-state index contributed by atoms with van der Waals surface area (Å²) in [4.78, 5) is 0. The Kier molecular flexibility index (Phi) is 2.47. The van der Waals surface area contributed by atoms with Crippen LogP contribution in [0.5, 0.6) is 0 Å². The Hall–Kier alpha value is -0.280. The Bertz CT molecular complexity index is 287. The van der Waals surface area contributed by atoms with Gasteiger partial charge in [0.05, 0.1) is 0 Å². The van der Waals surface area contributed by atoms with Crippen LogP contribution in [0.25, 0.3) is 0 Å². The van der Waals surface area contributed by atoms with Gasteiger partial charge in [-0.3, -0.25) is 0 Å². The van der Waals surface area contributed by atoms with Crippen molar-refractivity contribution in [2.75, 3.05) is 0 Å². The molecule has 2 rings (SSSR count). The van der Waals surface area contributed by atoms with E-state index in [-0.39, 0.29) is 0 Å². The van der Waals surface area contributed by atoms with Gasteiger partial charge in [0, 0.05) is 0 Å². The van der Waals surface area contributed by atoms with Crippen LogP contribution in [0.1, 0.15) is 37.9 Å². The number of rotatable bonds is 1. The predicted molar refractivity (Wildman–Crippen MR) is 53.4 cm³/mol. The number of aliphatic hydroxyl groups is 1. The van der Waals surface area contributed by atoms with Crippen molar-refractivity contribution in [2.24, 2.45) is 0 Å². The van der Waals surface area contributed by atoms with Crippen LogP contribution < -0.4 is 0 Å². The van der Waals surface area contributed by atoms with Crippen LogP contribution in [0.3, 0.4) is 0 Å². The fourth-order valence-corrected chi connectivity index (χ4v) is 2.25. The van der Waals surface area contributed by atoms with E-state index >= 15 is 0 Å². The van der Waals surface area contributed by atoms with E-state index < -0.39 is 5.60 Å². The van der Waals surface area contributed by atoms with Crippen LogP contribution in [0, 0.1) is 0 Å². The summed E-state index contributed by atoms with van der Waals surface area (Å²) in [6, 6.07) is 3.69. The average molecular weight is 245 g/mol. The van der Waals surface area contributed by atoms with Gasteiger partial charge >= 0.3 is 0 Å². The van der Waals surface area contributed by atoms with E-state index in [0.717, 1.165) is 25.7 Å². The van der Waals surface area contributed by atoms with Crippen LogP contribution >= 0.6 is 15.9 Å². The molecule has 1 saturated carbocycles. The van der Waals surface area contributed by atoms with Gasteiger partial charge in [0.1, 0.15) is 11.4 Å². The van der Waals surface area contributed by atoms with Crippen molar-refractivity contribution in [3.8, 4) is 0 Å². The Morgan fingerprint density at radius 1 is 1.23 bits per heavy atom. The summed E-state index contributed by atoms with van der Waals surface area (Å²) >= 11 is 3.25. The van der Waals surface area contributed by atoms with Gasteiger partial charge in [-0.05, 0) is 40.9 Å². The molecule has 1 heterocycles. The SMILES string of the molecule is OC1(c2ccc(Br)o2)CCCCC1. The summed E-state index contributed by atoms with van der Waals surface area (Å²) in [5.41, 5.74) is -0.704. The molecule has 1 aliphatic rings. The highest BCUT2D eigenvalue weighted by molar-refractivity contribution is 9.10. The summed E-state index contributed by atoms with van der Waals surface area (Å²) in [5, 5.41) is 10.2. The average Bonchev–Trinajstić information content (AvgIpc) is 2.54. The zero-order chi connectivity index (χ0) is 9.31. The Labute approximate surface area is 86.1 Å². The minimum Gasteiger partial charge on any atom is -0.451 e. The lowest BCUT2D eigenvalue weighted by Crippen LogP contribution is -2.27. The van der Waals surface area contributed by atoms with E-state index in [0.29, 0.717) is 10.4 Å². The minimum atomic E-state index is -0.704. The third kappa shape index (κ3) is 1.81. The summed E-state index contributed by atoms with van der Waals surface area (Å²) in [6.45, 7) is 0. The second-order valence-corrected chi connectivity index (χ2v) is 4.48. The van der Waals surface area contributed by atoms with Gasteiger partial charge in [0.15, 0.2) is 4.67 Å². The lowest BCUT2D eigenvalue weighted by Gasteiger charge is -2.29. The standard InChI is InChI=1S/C10H13BrO2/c11-9-5-4-8(13-9)10(12)6-2-1-3-7-10/h4-5,12H,1-3,6-7H2. The molecule has 1 aromatic rings. The van der Waals surface area contributed by atoms with Gasteiger partial charge < -0.3 is 9.52 Å². The van der Waals surface area contributed by atoms with Crippen molar-refractivity contribution >= 4 is 15.9 Å². The van der Waals surface area contributed by atoms with Crippen LogP contribution in [-0.2, 0) is 5.60 Å². The first-order valence-corrected chi connectivity index (χ1v) is 5.48. The molecule has 3 heteroatoms. The molecular formula is C10H13BrO2. The molecule has 0 aliphatic heterocycles. The van der Waals surface area contributed by atoms with E-state index in [1.807, 2.05) is 12.1 Å². The smallest absolute Gasteiger partial charge is 0.169 e. The first-order chi connectivity index (χ1) is 6.21. The summed E-state index contributed by atoms with van der Waals surface area (Å²) in [7, 11) is 0.